The highest BCUT2D eigenvalue weighted by Gasteiger charge is 2.29. The number of amides is 3. The van der Waals surface area contributed by atoms with E-state index in [4.69, 9.17) is 5.73 Å². The number of carbonyl (C=O) groups is 3. The van der Waals surface area contributed by atoms with Gasteiger partial charge in [-0.1, -0.05) is 12.1 Å². The molecule has 0 bridgehead atoms. The van der Waals surface area contributed by atoms with Crippen LogP contribution in [0.25, 0.3) is 0 Å². The molecule has 1 unspecified atom stereocenters. The molecular weight excluding hydrogens is 274 g/mol. The summed E-state index contributed by atoms with van der Waals surface area (Å²) in [6.45, 7) is 1.61. The molecule has 1 atom stereocenters. The van der Waals surface area contributed by atoms with E-state index >= 15 is 0 Å². The lowest BCUT2D eigenvalue weighted by molar-refractivity contribution is -0.115. The van der Waals surface area contributed by atoms with Gasteiger partial charge in [-0.2, -0.15) is 0 Å². The number of hydrogen-bond donors (Lipinski definition) is 3. The third-order valence-corrected chi connectivity index (χ3v) is 3.20. The summed E-state index contributed by atoms with van der Waals surface area (Å²) in [4.78, 5) is 34.5. The molecule has 1 heterocycles. The minimum absolute atomic E-state index is 0.278. The number of benzene rings is 1. The number of methoxy groups -OCH3 is 1. The molecular formula is C14H15N3O4. The lowest BCUT2D eigenvalue weighted by atomic mass is 9.94. The molecule has 4 N–H and O–H groups in total. The van der Waals surface area contributed by atoms with Gasteiger partial charge in [0.05, 0.1) is 24.3 Å². The SMILES string of the molecule is COC(=O)c1ccc(C2NC(=O)NC(C)=C2C(N)=O)cc1. The zero-order valence-electron chi connectivity index (χ0n) is 11.6. The third kappa shape index (κ3) is 2.86. The summed E-state index contributed by atoms with van der Waals surface area (Å²) in [7, 11) is 1.29. The zero-order chi connectivity index (χ0) is 15.6. The molecule has 0 aliphatic carbocycles. The van der Waals surface area contributed by atoms with Gasteiger partial charge in [-0.3, -0.25) is 4.79 Å². The predicted molar refractivity (Wildman–Crippen MR) is 74.1 cm³/mol. The average Bonchev–Trinajstić information content (AvgIpc) is 2.45. The second kappa shape index (κ2) is 5.66. The minimum Gasteiger partial charge on any atom is -0.465 e. The first-order valence-corrected chi connectivity index (χ1v) is 6.20. The maximum Gasteiger partial charge on any atom is 0.337 e. The van der Waals surface area contributed by atoms with Gasteiger partial charge in [0.15, 0.2) is 0 Å². The zero-order valence-corrected chi connectivity index (χ0v) is 11.6. The molecule has 0 aromatic heterocycles. The quantitative estimate of drug-likeness (QED) is 0.707. The van der Waals surface area contributed by atoms with E-state index in [1.54, 1.807) is 31.2 Å². The van der Waals surface area contributed by atoms with Gasteiger partial charge in [0.1, 0.15) is 0 Å². The number of allylic oxidation sites excluding steroid dienone is 1. The topological polar surface area (TPSA) is 111 Å². The van der Waals surface area contributed by atoms with Crippen molar-refractivity contribution in [1.29, 1.82) is 0 Å². The van der Waals surface area contributed by atoms with Crippen LogP contribution in [0.3, 0.4) is 0 Å². The summed E-state index contributed by atoms with van der Waals surface area (Å²) in [5, 5.41) is 5.14. The van der Waals surface area contributed by atoms with E-state index in [-0.39, 0.29) is 5.57 Å². The van der Waals surface area contributed by atoms with E-state index in [1.165, 1.54) is 7.11 Å². The van der Waals surface area contributed by atoms with Gasteiger partial charge < -0.3 is 21.1 Å². The average molecular weight is 289 g/mol. The Morgan fingerprint density at radius 1 is 1.24 bits per heavy atom. The van der Waals surface area contributed by atoms with Crippen LogP contribution in [-0.2, 0) is 9.53 Å². The molecule has 1 aliphatic rings. The van der Waals surface area contributed by atoms with Gasteiger partial charge in [-0.05, 0) is 24.6 Å². The van der Waals surface area contributed by atoms with E-state index in [1.807, 2.05) is 0 Å². The van der Waals surface area contributed by atoms with E-state index < -0.39 is 23.9 Å². The van der Waals surface area contributed by atoms with Gasteiger partial charge in [-0.15, -0.1) is 0 Å². The maximum absolute atomic E-state index is 11.6. The predicted octanol–water partition coefficient (Wildman–Crippen LogP) is 0.586. The molecule has 0 radical (unpaired) electrons. The summed E-state index contributed by atoms with van der Waals surface area (Å²) < 4.78 is 4.61. The number of hydrogen-bond acceptors (Lipinski definition) is 4. The van der Waals surface area contributed by atoms with Crippen LogP contribution in [0.5, 0.6) is 0 Å². The van der Waals surface area contributed by atoms with Crippen molar-refractivity contribution in [2.45, 2.75) is 13.0 Å². The van der Waals surface area contributed by atoms with Crippen molar-refractivity contribution in [3.05, 3.63) is 46.7 Å². The Morgan fingerprint density at radius 3 is 2.38 bits per heavy atom. The standard InChI is InChI=1S/C14H15N3O4/c1-7-10(12(15)18)11(17-14(20)16-7)8-3-5-9(6-4-8)13(19)21-2/h3-6,11H,1-2H3,(H2,15,18)(H2,16,17,20). The molecule has 0 spiro atoms. The summed E-state index contributed by atoms with van der Waals surface area (Å²) >= 11 is 0. The van der Waals surface area contributed by atoms with E-state index in [0.29, 0.717) is 16.8 Å². The maximum atomic E-state index is 11.6. The van der Waals surface area contributed by atoms with Crippen molar-refractivity contribution in [3.63, 3.8) is 0 Å². The molecule has 0 saturated heterocycles. The Hall–Kier alpha value is -2.83. The Balaban J connectivity index is 2.39. The first-order chi connectivity index (χ1) is 9.93. The third-order valence-electron chi connectivity index (χ3n) is 3.20. The molecule has 110 valence electrons. The fourth-order valence-corrected chi connectivity index (χ4v) is 2.20. The van der Waals surface area contributed by atoms with Crippen LogP contribution in [0, 0.1) is 0 Å². The summed E-state index contributed by atoms with van der Waals surface area (Å²) in [5.41, 5.74) is 7.08. The highest BCUT2D eigenvalue weighted by Crippen LogP contribution is 2.26. The van der Waals surface area contributed by atoms with Gasteiger partial charge in [0, 0.05) is 5.70 Å². The van der Waals surface area contributed by atoms with Crippen LogP contribution in [-0.4, -0.2) is 25.0 Å². The Kier molecular flexibility index (Phi) is 3.93. The van der Waals surface area contributed by atoms with Crippen molar-refractivity contribution in [2.24, 2.45) is 5.73 Å². The van der Waals surface area contributed by atoms with Crippen LogP contribution in [0.4, 0.5) is 4.79 Å². The van der Waals surface area contributed by atoms with Gasteiger partial charge in [0.2, 0.25) is 5.91 Å². The van der Waals surface area contributed by atoms with Crippen molar-refractivity contribution in [2.75, 3.05) is 7.11 Å². The van der Waals surface area contributed by atoms with Crippen LogP contribution < -0.4 is 16.4 Å². The lowest BCUT2D eigenvalue weighted by Gasteiger charge is -2.27. The monoisotopic (exact) mass is 289 g/mol. The molecule has 21 heavy (non-hydrogen) atoms. The molecule has 7 heteroatoms. The molecule has 1 aromatic carbocycles. The highest BCUT2D eigenvalue weighted by atomic mass is 16.5. The summed E-state index contributed by atoms with van der Waals surface area (Å²) in [6, 6.07) is 5.33. The lowest BCUT2D eigenvalue weighted by Crippen LogP contribution is -2.46. The molecule has 0 saturated carbocycles. The molecule has 0 fully saturated rings. The van der Waals surface area contributed by atoms with Crippen LogP contribution in [0.15, 0.2) is 35.5 Å². The second-order valence-corrected chi connectivity index (χ2v) is 4.55. The number of nitrogens with one attached hydrogen (secondary N) is 2. The number of ether oxygens (including phenoxy) is 1. The van der Waals surface area contributed by atoms with E-state index in [9.17, 15) is 14.4 Å². The fourth-order valence-electron chi connectivity index (χ4n) is 2.20. The number of carbonyl (C=O) groups excluding carboxylic acids is 3. The largest absolute Gasteiger partial charge is 0.465 e. The van der Waals surface area contributed by atoms with Crippen molar-refractivity contribution >= 4 is 17.9 Å². The number of urea groups is 1. The van der Waals surface area contributed by atoms with Crippen LogP contribution >= 0.6 is 0 Å². The minimum atomic E-state index is -0.650. The number of esters is 1. The summed E-state index contributed by atoms with van der Waals surface area (Å²) in [5.74, 6) is -1.08. The van der Waals surface area contributed by atoms with Gasteiger partial charge in [-0.25, -0.2) is 9.59 Å². The number of primary amides is 1. The van der Waals surface area contributed by atoms with E-state index in [0.717, 1.165) is 0 Å². The Morgan fingerprint density at radius 2 is 1.86 bits per heavy atom. The van der Waals surface area contributed by atoms with Crippen molar-refractivity contribution in [1.82, 2.24) is 10.6 Å². The number of nitrogens with two attached hydrogens (primary N) is 1. The molecule has 1 aromatic rings. The van der Waals surface area contributed by atoms with Crippen molar-refractivity contribution in [3.8, 4) is 0 Å². The second-order valence-electron chi connectivity index (χ2n) is 4.55. The van der Waals surface area contributed by atoms with Crippen LogP contribution in [0.2, 0.25) is 0 Å². The normalized spacial score (nSPS) is 17.8. The number of rotatable bonds is 3. The summed E-state index contributed by atoms with van der Waals surface area (Å²) in [6.07, 6.45) is 0. The van der Waals surface area contributed by atoms with Crippen molar-refractivity contribution < 1.29 is 19.1 Å². The molecule has 7 nitrogen and oxygen atoms in total. The first-order valence-electron chi connectivity index (χ1n) is 6.20. The molecule has 3 amide bonds. The highest BCUT2D eigenvalue weighted by molar-refractivity contribution is 5.97. The molecule has 1 aliphatic heterocycles. The van der Waals surface area contributed by atoms with Crippen LogP contribution in [0.1, 0.15) is 28.9 Å². The Bertz CT molecular complexity index is 634. The van der Waals surface area contributed by atoms with Gasteiger partial charge in [0.25, 0.3) is 0 Å². The van der Waals surface area contributed by atoms with E-state index in [2.05, 4.69) is 15.4 Å². The smallest absolute Gasteiger partial charge is 0.337 e. The van der Waals surface area contributed by atoms with Gasteiger partial charge >= 0.3 is 12.0 Å². The molecule has 2 rings (SSSR count). The fraction of sp³-hybridized carbons (Fsp3) is 0.214. The first kappa shape index (κ1) is 14.6. The Labute approximate surface area is 121 Å².